The first-order valence-corrected chi connectivity index (χ1v) is 8.76. The fraction of sp³-hybridized carbons (Fsp3) is 0.800. The average molecular weight is 203 g/mol. The van der Waals surface area contributed by atoms with Gasteiger partial charge in [0.15, 0.2) is 0 Å². The molecule has 0 aromatic rings. The van der Waals surface area contributed by atoms with Gasteiger partial charge in [-0.05, 0) is 19.5 Å². The SMILES string of the molecule is CCCCCCC#C[Si](C)(C)Cl. The van der Waals surface area contributed by atoms with Crippen LogP contribution in [0, 0.1) is 11.5 Å². The number of hydrogen-bond donors (Lipinski definition) is 0. The Kier molecular flexibility index (Phi) is 6.61. The van der Waals surface area contributed by atoms with Gasteiger partial charge in [0.1, 0.15) is 0 Å². The van der Waals surface area contributed by atoms with Gasteiger partial charge in [-0.2, -0.15) is 11.1 Å². The summed E-state index contributed by atoms with van der Waals surface area (Å²) in [4.78, 5) is 0. The molecule has 0 unspecified atom stereocenters. The zero-order chi connectivity index (χ0) is 9.45. The zero-order valence-corrected chi connectivity index (χ0v) is 10.2. The minimum atomic E-state index is -1.61. The van der Waals surface area contributed by atoms with Crippen molar-refractivity contribution in [2.45, 2.75) is 52.1 Å². The van der Waals surface area contributed by atoms with Gasteiger partial charge in [0.05, 0.1) is 0 Å². The number of halogens is 1. The van der Waals surface area contributed by atoms with E-state index in [-0.39, 0.29) is 0 Å². The lowest BCUT2D eigenvalue weighted by atomic mass is 10.2. The summed E-state index contributed by atoms with van der Waals surface area (Å²) in [5, 5.41) is 0. The lowest BCUT2D eigenvalue weighted by molar-refractivity contribution is 0.680. The largest absolute Gasteiger partial charge is 0.228 e. The maximum Gasteiger partial charge on any atom is 0.228 e. The average Bonchev–Trinajstić information content (AvgIpc) is 1.94. The van der Waals surface area contributed by atoms with Crippen LogP contribution in [-0.2, 0) is 0 Å². The molecule has 0 atom stereocenters. The molecule has 0 aliphatic rings. The Morgan fingerprint density at radius 2 is 1.83 bits per heavy atom. The molecule has 0 nitrogen and oxygen atoms in total. The van der Waals surface area contributed by atoms with Crippen molar-refractivity contribution in [2.75, 3.05) is 0 Å². The third-order valence-electron chi connectivity index (χ3n) is 1.54. The molecule has 12 heavy (non-hydrogen) atoms. The molecule has 0 amide bonds. The Morgan fingerprint density at radius 1 is 1.17 bits per heavy atom. The van der Waals surface area contributed by atoms with Gasteiger partial charge < -0.3 is 0 Å². The summed E-state index contributed by atoms with van der Waals surface area (Å²) in [7, 11) is -1.61. The minimum absolute atomic E-state index is 1.03. The summed E-state index contributed by atoms with van der Waals surface area (Å²) in [6, 6.07) is 0. The molecule has 0 heterocycles. The normalized spacial score (nSPS) is 10.7. The number of hydrogen-bond acceptors (Lipinski definition) is 0. The lowest BCUT2D eigenvalue weighted by Crippen LogP contribution is -2.12. The fourth-order valence-electron chi connectivity index (χ4n) is 0.913. The molecule has 0 aliphatic carbocycles. The van der Waals surface area contributed by atoms with Gasteiger partial charge in [0.25, 0.3) is 0 Å². The Bertz CT molecular complexity index is 159. The second-order valence-corrected chi connectivity index (χ2v) is 9.61. The Morgan fingerprint density at radius 3 is 2.33 bits per heavy atom. The molecule has 0 aromatic heterocycles. The molecule has 0 fully saturated rings. The molecule has 0 N–H and O–H groups in total. The van der Waals surface area contributed by atoms with Crippen molar-refractivity contribution in [2.24, 2.45) is 0 Å². The van der Waals surface area contributed by atoms with Crippen LogP contribution in [0.1, 0.15) is 39.0 Å². The van der Waals surface area contributed by atoms with Gasteiger partial charge in [-0.25, -0.2) is 0 Å². The molecule has 0 radical (unpaired) electrons. The maximum atomic E-state index is 6.04. The number of unbranched alkanes of at least 4 members (excludes halogenated alkanes) is 4. The molecular formula is C10H19ClSi. The first-order valence-electron chi connectivity index (χ1n) is 4.75. The second kappa shape index (κ2) is 6.57. The van der Waals surface area contributed by atoms with Gasteiger partial charge in [-0.3, -0.25) is 0 Å². The van der Waals surface area contributed by atoms with Crippen molar-refractivity contribution >= 4 is 18.5 Å². The van der Waals surface area contributed by atoms with Crippen molar-refractivity contribution in [1.29, 1.82) is 0 Å². The highest BCUT2D eigenvalue weighted by Gasteiger charge is 2.11. The zero-order valence-electron chi connectivity index (χ0n) is 8.41. The van der Waals surface area contributed by atoms with Crippen LogP contribution in [0.4, 0.5) is 0 Å². The van der Waals surface area contributed by atoms with Crippen LogP contribution < -0.4 is 0 Å². The first kappa shape index (κ1) is 12.1. The molecule has 0 saturated heterocycles. The van der Waals surface area contributed by atoms with Gasteiger partial charge >= 0.3 is 0 Å². The van der Waals surface area contributed by atoms with Crippen LogP contribution >= 0.6 is 11.1 Å². The van der Waals surface area contributed by atoms with E-state index in [1.54, 1.807) is 0 Å². The highest BCUT2D eigenvalue weighted by Crippen LogP contribution is 2.05. The van der Waals surface area contributed by atoms with Crippen LogP contribution in [0.25, 0.3) is 0 Å². The summed E-state index contributed by atoms with van der Waals surface area (Å²) in [6.07, 6.45) is 6.22. The van der Waals surface area contributed by atoms with Gasteiger partial charge in [-0.15, -0.1) is 11.5 Å². The summed E-state index contributed by atoms with van der Waals surface area (Å²) in [5.74, 6) is 3.16. The number of rotatable bonds is 4. The van der Waals surface area contributed by atoms with E-state index >= 15 is 0 Å². The van der Waals surface area contributed by atoms with E-state index in [1.165, 1.54) is 25.7 Å². The Hall–Kier alpha value is 0.0669. The highest BCUT2D eigenvalue weighted by atomic mass is 35.6. The highest BCUT2D eigenvalue weighted by molar-refractivity contribution is 7.23. The second-order valence-electron chi connectivity index (χ2n) is 3.58. The molecule has 0 spiro atoms. The van der Waals surface area contributed by atoms with Crippen molar-refractivity contribution < 1.29 is 0 Å². The predicted octanol–water partition coefficient (Wildman–Crippen LogP) is 3.94. The van der Waals surface area contributed by atoms with E-state index in [2.05, 4.69) is 31.5 Å². The minimum Gasteiger partial charge on any atom is -0.151 e. The third kappa shape index (κ3) is 10.1. The summed E-state index contributed by atoms with van der Waals surface area (Å²) >= 11 is 6.04. The van der Waals surface area contributed by atoms with Crippen molar-refractivity contribution in [3.8, 4) is 11.5 Å². The van der Waals surface area contributed by atoms with E-state index in [0.717, 1.165) is 6.42 Å². The molecule has 0 aliphatic heterocycles. The van der Waals surface area contributed by atoms with Gasteiger partial charge in [0, 0.05) is 6.42 Å². The lowest BCUT2D eigenvalue weighted by Gasteiger charge is -1.99. The van der Waals surface area contributed by atoms with Gasteiger partial charge in [0.2, 0.25) is 7.38 Å². The van der Waals surface area contributed by atoms with Crippen LogP contribution in [0.2, 0.25) is 13.1 Å². The Labute approximate surface area is 82.4 Å². The molecule has 0 saturated carbocycles. The van der Waals surface area contributed by atoms with Crippen LogP contribution in [0.3, 0.4) is 0 Å². The predicted molar refractivity (Wildman–Crippen MR) is 59.9 cm³/mol. The molecular weight excluding hydrogens is 184 g/mol. The first-order chi connectivity index (χ1) is 5.56. The summed E-state index contributed by atoms with van der Waals surface area (Å²) in [6.45, 7) is 6.35. The fourth-order valence-corrected chi connectivity index (χ4v) is 1.66. The standard InChI is InChI=1S/C10H19ClSi/c1-4-5-6-7-8-9-10-12(2,3)11/h4-8H2,1-3H3. The van der Waals surface area contributed by atoms with E-state index in [4.69, 9.17) is 11.1 Å². The smallest absolute Gasteiger partial charge is 0.151 e. The van der Waals surface area contributed by atoms with E-state index in [9.17, 15) is 0 Å². The van der Waals surface area contributed by atoms with Crippen LogP contribution in [0.5, 0.6) is 0 Å². The topological polar surface area (TPSA) is 0 Å². The van der Waals surface area contributed by atoms with Crippen molar-refractivity contribution in [3.63, 3.8) is 0 Å². The molecule has 0 aromatic carbocycles. The van der Waals surface area contributed by atoms with E-state index in [1.807, 2.05) is 0 Å². The Balaban J connectivity index is 3.34. The molecule has 0 rings (SSSR count). The monoisotopic (exact) mass is 202 g/mol. The molecule has 70 valence electrons. The van der Waals surface area contributed by atoms with Crippen molar-refractivity contribution in [3.05, 3.63) is 0 Å². The maximum absolute atomic E-state index is 6.04. The summed E-state index contributed by atoms with van der Waals surface area (Å²) in [5.41, 5.74) is 3.15. The third-order valence-corrected chi connectivity index (χ3v) is 2.60. The van der Waals surface area contributed by atoms with Crippen molar-refractivity contribution in [1.82, 2.24) is 0 Å². The van der Waals surface area contributed by atoms with Gasteiger partial charge in [-0.1, -0.05) is 26.2 Å². The van der Waals surface area contributed by atoms with E-state index < -0.39 is 7.38 Å². The molecule has 0 bridgehead atoms. The van der Waals surface area contributed by atoms with Crippen LogP contribution in [0.15, 0.2) is 0 Å². The summed E-state index contributed by atoms with van der Waals surface area (Å²) < 4.78 is 0. The molecule has 2 heteroatoms. The van der Waals surface area contributed by atoms with E-state index in [0.29, 0.717) is 0 Å². The quantitative estimate of drug-likeness (QED) is 0.280. The van der Waals surface area contributed by atoms with Crippen LogP contribution in [-0.4, -0.2) is 7.38 Å².